The average molecular weight is 441 g/mol. The molecule has 0 amide bonds. The Balaban J connectivity index is 1.94. The van der Waals surface area contributed by atoms with E-state index in [1.807, 2.05) is 0 Å². The Hall–Kier alpha value is -1.84. The van der Waals surface area contributed by atoms with Crippen molar-refractivity contribution in [3.05, 3.63) is 50.6 Å². The zero-order valence-corrected chi connectivity index (χ0v) is 17.3. The van der Waals surface area contributed by atoms with Crippen LogP contribution in [0.2, 0.25) is 0 Å². The Kier molecular flexibility index (Phi) is 5.72. The van der Waals surface area contributed by atoms with Gasteiger partial charge in [0.1, 0.15) is 4.83 Å². The molecule has 1 aliphatic rings. The van der Waals surface area contributed by atoms with Crippen LogP contribution in [-0.2, 0) is 23.8 Å². The molecule has 0 saturated heterocycles. The van der Waals surface area contributed by atoms with Gasteiger partial charge in [-0.25, -0.2) is 4.98 Å². The second-order valence-corrected chi connectivity index (χ2v) is 8.96. The van der Waals surface area contributed by atoms with Crippen LogP contribution in [0.15, 0.2) is 34.2 Å². The maximum atomic E-state index is 13.5. The fourth-order valence-corrected chi connectivity index (χ4v) is 5.76. The van der Waals surface area contributed by atoms with Gasteiger partial charge in [-0.1, -0.05) is 17.8 Å². The number of alkyl halides is 3. The number of thiophene rings is 1. The minimum absolute atomic E-state index is 0.176. The fourth-order valence-electron chi connectivity index (χ4n) is 3.55. The van der Waals surface area contributed by atoms with Crippen molar-refractivity contribution in [2.45, 2.75) is 37.0 Å². The highest BCUT2D eigenvalue weighted by atomic mass is 32.2. The summed E-state index contributed by atoms with van der Waals surface area (Å²) >= 11 is 2.84. The second-order valence-electron chi connectivity index (χ2n) is 6.82. The number of thioether (sulfide) groups is 1. The molecule has 3 aromatic rings. The monoisotopic (exact) mass is 440 g/mol. The van der Waals surface area contributed by atoms with Gasteiger partial charge in [-0.15, -0.1) is 11.3 Å². The predicted molar refractivity (Wildman–Crippen MR) is 109 cm³/mol. The van der Waals surface area contributed by atoms with Gasteiger partial charge in [0.15, 0.2) is 5.16 Å². The normalized spacial score (nSPS) is 14.3. The highest BCUT2D eigenvalue weighted by molar-refractivity contribution is 7.99. The number of hydrogen-bond acceptors (Lipinski definition) is 5. The van der Waals surface area contributed by atoms with Crippen molar-refractivity contribution in [2.24, 2.45) is 0 Å². The maximum absolute atomic E-state index is 13.5. The van der Waals surface area contributed by atoms with Crippen LogP contribution in [0.1, 0.15) is 28.8 Å². The summed E-state index contributed by atoms with van der Waals surface area (Å²) in [5, 5.41) is 0.940. The summed E-state index contributed by atoms with van der Waals surface area (Å²) in [6.07, 6.45) is -0.665. The lowest BCUT2D eigenvalue weighted by Gasteiger charge is -2.15. The third-order valence-corrected chi connectivity index (χ3v) is 7.00. The Labute approximate surface area is 173 Å². The molecule has 0 radical (unpaired) electrons. The minimum atomic E-state index is -4.48. The maximum Gasteiger partial charge on any atom is 0.416 e. The standard InChI is InChI=1S/C20H19F3N2O2S2/c1-27-9-10-28-19-24-17-16(14-7-2-3-8-15(14)29-17)18(26)25(19)13-6-4-5-12(11-13)20(21,22)23/h4-6,11H,2-3,7-10H2,1H3. The summed E-state index contributed by atoms with van der Waals surface area (Å²) in [6.45, 7) is 0.447. The second kappa shape index (κ2) is 8.12. The molecule has 1 aromatic carbocycles. The van der Waals surface area contributed by atoms with E-state index >= 15 is 0 Å². The van der Waals surface area contributed by atoms with Gasteiger partial charge < -0.3 is 4.74 Å². The van der Waals surface area contributed by atoms with E-state index < -0.39 is 11.7 Å². The molecule has 9 heteroatoms. The Morgan fingerprint density at radius 3 is 2.83 bits per heavy atom. The number of hydrogen-bond donors (Lipinski definition) is 0. The van der Waals surface area contributed by atoms with Crippen LogP contribution in [0.5, 0.6) is 0 Å². The molecule has 0 bridgehead atoms. The lowest BCUT2D eigenvalue weighted by Crippen LogP contribution is -2.23. The van der Waals surface area contributed by atoms with E-state index in [1.165, 1.54) is 44.7 Å². The molecule has 1 aliphatic carbocycles. The molecule has 0 saturated carbocycles. The molecule has 4 rings (SSSR count). The fraction of sp³-hybridized carbons (Fsp3) is 0.400. The van der Waals surface area contributed by atoms with Crippen molar-refractivity contribution in [1.29, 1.82) is 0 Å². The topological polar surface area (TPSA) is 44.1 Å². The Bertz CT molecular complexity index is 1110. The van der Waals surface area contributed by atoms with Gasteiger partial charge >= 0.3 is 6.18 Å². The molecule has 154 valence electrons. The van der Waals surface area contributed by atoms with Crippen molar-refractivity contribution >= 4 is 33.3 Å². The van der Waals surface area contributed by atoms with E-state index in [1.54, 1.807) is 7.11 Å². The van der Waals surface area contributed by atoms with E-state index in [2.05, 4.69) is 4.98 Å². The first-order valence-corrected chi connectivity index (χ1v) is 11.1. The molecule has 2 heterocycles. The van der Waals surface area contributed by atoms with Crippen LogP contribution in [-0.4, -0.2) is 29.0 Å². The summed E-state index contributed by atoms with van der Waals surface area (Å²) < 4.78 is 46.1. The third kappa shape index (κ3) is 3.95. The number of fused-ring (bicyclic) bond motifs is 3. The molecule has 4 nitrogen and oxygen atoms in total. The van der Waals surface area contributed by atoms with Gasteiger partial charge in [-0.2, -0.15) is 13.2 Å². The molecule has 0 fully saturated rings. The average Bonchev–Trinajstić information content (AvgIpc) is 3.06. The summed E-state index contributed by atoms with van der Waals surface area (Å²) in [5.74, 6) is 0.540. The molecule has 0 unspecified atom stereocenters. The summed E-state index contributed by atoms with van der Waals surface area (Å²) in [7, 11) is 1.57. The lowest BCUT2D eigenvalue weighted by atomic mass is 9.97. The molecule has 0 spiro atoms. The first kappa shape index (κ1) is 20.4. The lowest BCUT2D eigenvalue weighted by molar-refractivity contribution is -0.137. The van der Waals surface area contributed by atoms with E-state index in [0.717, 1.165) is 43.4 Å². The van der Waals surface area contributed by atoms with Gasteiger partial charge in [0.05, 0.1) is 23.2 Å². The van der Waals surface area contributed by atoms with Crippen molar-refractivity contribution in [3.8, 4) is 5.69 Å². The molecule has 2 aromatic heterocycles. The zero-order chi connectivity index (χ0) is 20.6. The van der Waals surface area contributed by atoms with Crippen LogP contribution < -0.4 is 5.56 Å². The van der Waals surface area contributed by atoms with Crippen molar-refractivity contribution in [2.75, 3.05) is 19.5 Å². The quantitative estimate of drug-likeness (QED) is 0.315. The SMILES string of the molecule is COCCSc1nc2sc3c(c2c(=O)n1-c1cccc(C(F)(F)F)c1)CCCC3. The summed E-state index contributed by atoms with van der Waals surface area (Å²) in [5.41, 5.74) is 0.105. The number of benzene rings is 1. The first-order chi connectivity index (χ1) is 13.9. The molecule has 29 heavy (non-hydrogen) atoms. The van der Waals surface area contributed by atoms with Crippen LogP contribution >= 0.6 is 23.1 Å². The van der Waals surface area contributed by atoms with Crippen LogP contribution in [0.3, 0.4) is 0 Å². The van der Waals surface area contributed by atoms with Crippen LogP contribution in [0.4, 0.5) is 13.2 Å². The third-order valence-electron chi connectivity index (χ3n) is 4.91. The highest BCUT2D eigenvalue weighted by Crippen LogP contribution is 2.36. The van der Waals surface area contributed by atoms with Gasteiger partial charge in [-0.05, 0) is 49.4 Å². The summed E-state index contributed by atoms with van der Waals surface area (Å²) in [4.78, 5) is 20.0. The van der Waals surface area contributed by atoms with Crippen molar-refractivity contribution in [1.82, 2.24) is 9.55 Å². The number of methoxy groups -OCH3 is 1. The molecule has 0 aliphatic heterocycles. The highest BCUT2D eigenvalue weighted by Gasteiger charge is 2.31. The number of nitrogens with zero attached hydrogens (tertiary/aromatic N) is 2. The van der Waals surface area contributed by atoms with Gasteiger partial charge in [0.25, 0.3) is 5.56 Å². The van der Waals surface area contributed by atoms with E-state index in [4.69, 9.17) is 4.74 Å². The van der Waals surface area contributed by atoms with E-state index in [-0.39, 0.29) is 11.2 Å². The zero-order valence-electron chi connectivity index (χ0n) is 15.7. The molecular weight excluding hydrogens is 421 g/mol. The Morgan fingerprint density at radius 1 is 1.28 bits per heavy atom. The van der Waals surface area contributed by atoms with Gasteiger partial charge in [0.2, 0.25) is 0 Å². The first-order valence-electron chi connectivity index (χ1n) is 9.27. The van der Waals surface area contributed by atoms with Crippen molar-refractivity contribution in [3.63, 3.8) is 0 Å². The van der Waals surface area contributed by atoms with E-state index in [0.29, 0.717) is 27.7 Å². The smallest absolute Gasteiger partial charge is 0.384 e. The minimum Gasteiger partial charge on any atom is -0.384 e. The van der Waals surface area contributed by atoms with Gasteiger partial charge in [0, 0.05) is 17.7 Å². The van der Waals surface area contributed by atoms with Crippen molar-refractivity contribution < 1.29 is 17.9 Å². The van der Waals surface area contributed by atoms with Crippen LogP contribution in [0.25, 0.3) is 15.9 Å². The number of rotatable bonds is 5. The Morgan fingerprint density at radius 2 is 2.07 bits per heavy atom. The summed E-state index contributed by atoms with van der Waals surface area (Å²) in [6, 6.07) is 4.85. The number of aromatic nitrogens is 2. The number of ether oxygens (including phenoxy) is 1. The van der Waals surface area contributed by atoms with Crippen LogP contribution in [0, 0.1) is 0 Å². The van der Waals surface area contributed by atoms with Gasteiger partial charge in [-0.3, -0.25) is 9.36 Å². The number of aryl methyl sites for hydroxylation is 2. The molecule has 0 N–H and O–H groups in total. The number of halogens is 3. The molecular formula is C20H19F3N2O2S2. The largest absolute Gasteiger partial charge is 0.416 e. The predicted octanol–water partition coefficient (Wildman–Crippen LogP) is 5.08. The molecule has 0 atom stereocenters. The van der Waals surface area contributed by atoms with E-state index in [9.17, 15) is 18.0 Å².